The van der Waals surface area contributed by atoms with Gasteiger partial charge in [0.2, 0.25) is 11.8 Å². The van der Waals surface area contributed by atoms with Crippen LogP contribution >= 0.6 is 0 Å². The quantitative estimate of drug-likeness (QED) is 0.404. The molecule has 4 amide bonds. The van der Waals surface area contributed by atoms with Gasteiger partial charge in [-0.2, -0.15) is 13.2 Å². The van der Waals surface area contributed by atoms with Gasteiger partial charge in [-0.1, -0.05) is 13.3 Å². The van der Waals surface area contributed by atoms with Crippen molar-refractivity contribution in [2.24, 2.45) is 17.8 Å². The van der Waals surface area contributed by atoms with Crippen LogP contribution in [0.5, 0.6) is 0 Å². The van der Waals surface area contributed by atoms with E-state index in [0.717, 1.165) is 19.3 Å². The van der Waals surface area contributed by atoms with Gasteiger partial charge in [-0.05, 0) is 37.5 Å². The number of fused-ring (bicyclic) bond motifs is 1. The minimum atomic E-state index is -5.09. The summed E-state index contributed by atoms with van der Waals surface area (Å²) >= 11 is 0. The van der Waals surface area contributed by atoms with Crippen LogP contribution in [0.3, 0.4) is 0 Å². The van der Waals surface area contributed by atoms with Crippen LogP contribution in [0.4, 0.5) is 13.2 Å². The van der Waals surface area contributed by atoms with Crippen LogP contribution in [0.25, 0.3) is 0 Å². The Balaban J connectivity index is 1.66. The van der Waals surface area contributed by atoms with Gasteiger partial charge in [0, 0.05) is 19.6 Å². The van der Waals surface area contributed by atoms with E-state index in [-0.39, 0.29) is 43.2 Å². The molecule has 0 unspecified atom stereocenters. The number of carbonyl (C=O) groups excluding carboxylic acids is 4. The molecule has 1 saturated carbocycles. The Morgan fingerprint density at radius 3 is 2.58 bits per heavy atom. The van der Waals surface area contributed by atoms with Crippen LogP contribution in [-0.2, 0) is 19.2 Å². The second-order valence-corrected chi connectivity index (χ2v) is 8.37. The zero-order chi connectivity index (χ0) is 22.8. The summed E-state index contributed by atoms with van der Waals surface area (Å²) in [6.45, 7) is 2.59. The van der Waals surface area contributed by atoms with Crippen molar-refractivity contribution >= 4 is 23.6 Å². The highest BCUT2D eigenvalue weighted by Gasteiger charge is 2.51. The summed E-state index contributed by atoms with van der Waals surface area (Å²) in [6.07, 6.45) is -1.99. The summed E-state index contributed by atoms with van der Waals surface area (Å²) in [5.74, 6) is -3.68. The molecule has 0 bridgehead atoms. The fourth-order valence-electron chi connectivity index (χ4n) is 4.82. The fraction of sp³-hybridized carbons (Fsp3) is 0.789. The molecular formula is C19H28F3N5O4. The zero-order valence-corrected chi connectivity index (χ0v) is 17.3. The maximum atomic E-state index is 13.0. The number of carbonyl (C=O) groups is 4. The lowest BCUT2D eigenvalue weighted by Gasteiger charge is -2.30. The molecule has 0 spiro atoms. The number of amides is 4. The monoisotopic (exact) mass is 447 g/mol. The smallest absolute Gasteiger partial charge is 0.356 e. The van der Waals surface area contributed by atoms with Crippen molar-refractivity contribution in [2.75, 3.05) is 19.6 Å². The fourth-order valence-corrected chi connectivity index (χ4v) is 4.82. The third-order valence-corrected chi connectivity index (χ3v) is 6.43. The Hall–Kier alpha value is -2.37. The number of hydrogen-bond donors (Lipinski definition) is 4. The summed E-state index contributed by atoms with van der Waals surface area (Å²) < 4.78 is 37.9. The second-order valence-electron chi connectivity index (χ2n) is 8.37. The number of nitrogens with zero attached hydrogens (tertiary/aromatic N) is 1. The Bertz CT molecular complexity index is 732. The summed E-state index contributed by atoms with van der Waals surface area (Å²) in [6, 6.07) is -2.19. The number of alkyl halides is 3. The number of nitrogens with one attached hydrogen (secondary N) is 4. The van der Waals surface area contributed by atoms with Gasteiger partial charge in [-0.3, -0.25) is 24.6 Å². The van der Waals surface area contributed by atoms with E-state index >= 15 is 0 Å². The Morgan fingerprint density at radius 2 is 1.97 bits per heavy atom. The molecule has 9 nitrogen and oxygen atoms in total. The zero-order valence-electron chi connectivity index (χ0n) is 17.3. The highest BCUT2D eigenvalue weighted by molar-refractivity contribution is 5.93. The van der Waals surface area contributed by atoms with Gasteiger partial charge in [0.15, 0.2) is 0 Å². The van der Waals surface area contributed by atoms with Crippen molar-refractivity contribution in [1.29, 1.82) is 0 Å². The van der Waals surface area contributed by atoms with Crippen LogP contribution in [0, 0.1) is 17.8 Å². The molecule has 4 N–H and O–H groups in total. The first kappa shape index (κ1) is 23.3. The van der Waals surface area contributed by atoms with Crippen LogP contribution < -0.4 is 21.5 Å². The first-order chi connectivity index (χ1) is 14.6. The van der Waals surface area contributed by atoms with Crippen LogP contribution in [0.2, 0.25) is 0 Å². The lowest BCUT2D eigenvalue weighted by atomic mass is 9.93. The summed E-state index contributed by atoms with van der Waals surface area (Å²) in [7, 11) is 0. The second kappa shape index (κ2) is 9.41. The molecule has 0 aromatic carbocycles. The maximum Gasteiger partial charge on any atom is 0.471 e. The van der Waals surface area contributed by atoms with Crippen molar-refractivity contribution in [3.05, 3.63) is 0 Å². The molecule has 31 heavy (non-hydrogen) atoms. The van der Waals surface area contributed by atoms with E-state index in [1.165, 1.54) is 11.8 Å². The molecule has 0 aromatic heterocycles. The van der Waals surface area contributed by atoms with E-state index in [2.05, 4.69) is 16.2 Å². The third kappa shape index (κ3) is 5.10. The van der Waals surface area contributed by atoms with Crippen molar-refractivity contribution in [3.63, 3.8) is 0 Å². The van der Waals surface area contributed by atoms with Gasteiger partial charge >= 0.3 is 12.1 Å². The molecule has 174 valence electrons. The lowest BCUT2D eigenvalue weighted by Crippen LogP contribution is -2.57. The summed E-state index contributed by atoms with van der Waals surface area (Å²) in [5, 5.41) is 4.45. The molecule has 3 fully saturated rings. The van der Waals surface area contributed by atoms with Crippen LogP contribution in [-0.4, -0.2) is 66.4 Å². The molecular weight excluding hydrogens is 419 g/mol. The molecule has 0 aromatic rings. The average Bonchev–Trinajstić information content (AvgIpc) is 3.40. The number of hydrazine groups is 1. The van der Waals surface area contributed by atoms with E-state index < -0.39 is 36.0 Å². The molecule has 3 aliphatic rings. The Labute approximate surface area is 177 Å². The van der Waals surface area contributed by atoms with E-state index in [4.69, 9.17) is 0 Å². The number of halogens is 3. The van der Waals surface area contributed by atoms with Gasteiger partial charge in [0.05, 0.1) is 5.92 Å². The van der Waals surface area contributed by atoms with Crippen LogP contribution in [0.15, 0.2) is 0 Å². The topological polar surface area (TPSA) is 120 Å². The Morgan fingerprint density at radius 1 is 1.23 bits per heavy atom. The molecule has 2 saturated heterocycles. The SMILES string of the molecule is CC[C@H](NC(=O)C(F)(F)F)C(=O)N1C[C@@H]2CCC[C@@H]2[C@H]1C(=O)NNC[C@@H]1CCNC1=O. The predicted molar refractivity (Wildman–Crippen MR) is 102 cm³/mol. The average molecular weight is 447 g/mol. The minimum absolute atomic E-state index is 0.0319. The van der Waals surface area contributed by atoms with Gasteiger partial charge in [0.25, 0.3) is 5.91 Å². The summed E-state index contributed by atoms with van der Waals surface area (Å²) in [5.41, 5.74) is 5.31. The largest absolute Gasteiger partial charge is 0.471 e. The Kier molecular flexibility index (Phi) is 7.07. The van der Waals surface area contributed by atoms with Gasteiger partial charge < -0.3 is 15.5 Å². The minimum Gasteiger partial charge on any atom is -0.356 e. The van der Waals surface area contributed by atoms with Gasteiger partial charge in [-0.15, -0.1) is 0 Å². The van der Waals surface area contributed by atoms with Crippen molar-refractivity contribution in [1.82, 2.24) is 26.4 Å². The number of likely N-dealkylation sites (tertiary alicyclic amines) is 1. The molecule has 0 radical (unpaired) electrons. The number of rotatable bonds is 7. The normalized spacial score (nSPS) is 28.8. The molecule has 2 heterocycles. The standard InChI is InChI=1S/C19H28F3N5O4/c1-2-13(25-18(31)19(20,21)22)17(30)27-9-11-4-3-5-12(11)14(27)16(29)26-24-8-10-6-7-23-15(10)28/h10-14,24H,2-9H2,1H3,(H,23,28)(H,25,31)(H,26,29)/t10-,11-,12-,13-,14-/m0/s1. The van der Waals surface area contributed by atoms with Crippen molar-refractivity contribution in [2.45, 2.75) is 57.3 Å². The van der Waals surface area contributed by atoms with Crippen LogP contribution in [0.1, 0.15) is 39.0 Å². The third-order valence-electron chi connectivity index (χ3n) is 6.43. The highest BCUT2D eigenvalue weighted by Crippen LogP contribution is 2.42. The van der Waals surface area contributed by atoms with E-state index in [9.17, 15) is 32.3 Å². The molecule has 3 rings (SSSR count). The van der Waals surface area contributed by atoms with Gasteiger partial charge in [-0.25, -0.2) is 5.43 Å². The van der Waals surface area contributed by atoms with Crippen molar-refractivity contribution < 1.29 is 32.3 Å². The number of hydrogen-bond acceptors (Lipinski definition) is 5. The van der Waals surface area contributed by atoms with Crippen molar-refractivity contribution in [3.8, 4) is 0 Å². The predicted octanol–water partition coefficient (Wildman–Crippen LogP) is -0.172. The van der Waals surface area contributed by atoms with E-state index in [0.29, 0.717) is 13.0 Å². The molecule has 5 atom stereocenters. The summed E-state index contributed by atoms with van der Waals surface area (Å²) in [4.78, 5) is 50.2. The van der Waals surface area contributed by atoms with Gasteiger partial charge in [0.1, 0.15) is 12.1 Å². The first-order valence-corrected chi connectivity index (χ1v) is 10.6. The maximum absolute atomic E-state index is 13.0. The first-order valence-electron chi connectivity index (χ1n) is 10.6. The lowest BCUT2D eigenvalue weighted by molar-refractivity contribution is -0.175. The molecule has 2 aliphatic heterocycles. The van der Waals surface area contributed by atoms with E-state index in [1.54, 1.807) is 5.32 Å². The molecule has 1 aliphatic carbocycles. The molecule has 12 heteroatoms. The van der Waals surface area contributed by atoms with E-state index in [1.807, 2.05) is 0 Å². The highest BCUT2D eigenvalue weighted by atomic mass is 19.4.